The maximum absolute atomic E-state index is 9.40. The molecule has 1 aliphatic heterocycles. The molecule has 1 aromatic rings. The summed E-state index contributed by atoms with van der Waals surface area (Å²) in [6, 6.07) is 6.01. The van der Waals surface area contributed by atoms with Gasteiger partial charge in [0.25, 0.3) is 0 Å². The molecule has 0 saturated carbocycles. The molecule has 2 N–H and O–H groups in total. The van der Waals surface area contributed by atoms with Gasteiger partial charge < -0.3 is 20.1 Å². The van der Waals surface area contributed by atoms with Crippen molar-refractivity contribution in [3.8, 4) is 11.5 Å². The van der Waals surface area contributed by atoms with Crippen LogP contribution in [-0.4, -0.2) is 43.3 Å². The average molecular weight is 250 g/mol. The summed E-state index contributed by atoms with van der Waals surface area (Å²) < 4.78 is 5.59. The largest absolute Gasteiger partial charge is 0.508 e. The van der Waals surface area contributed by atoms with E-state index in [1.807, 2.05) is 6.07 Å². The van der Waals surface area contributed by atoms with Gasteiger partial charge in [0, 0.05) is 17.7 Å². The van der Waals surface area contributed by atoms with Gasteiger partial charge in [0.15, 0.2) is 0 Å². The minimum Gasteiger partial charge on any atom is -0.508 e. The Labute approximate surface area is 109 Å². The molecule has 0 saturated heterocycles. The lowest BCUT2D eigenvalue weighted by atomic mass is 10.1. The molecule has 0 aromatic heterocycles. The van der Waals surface area contributed by atoms with Gasteiger partial charge in [0.2, 0.25) is 0 Å². The van der Waals surface area contributed by atoms with Crippen LogP contribution in [0.3, 0.4) is 0 Å². The molecule has 0 radical (unpaired) electrons. The van der Waals surface area contributed by atoms with Gasteiger partial charge >= 0.3 is 0 Å². The van der Waals surface area contributed by atoms with Crippen molar-refractivity contribution in [2.45, 2.75) is 25.4 Å². The number of hydrogen-bond acceptors (Lipinski definition) is 4. The maximum atomic E-state index is 9.40. The molecule has 100 valence electrons. The number of rotatable bonds is 5. The van der Waals surface area contributed by atoms with Crippen molar-refractivity contribution >= 4 is 0 Å². The highest BCUT2D eigenvalue weighted by Gasteiger charge is 2.25. The minimum absolute atomic E-state index is 0.234. The van der Waals surface area contributed by atoms with E-state index in [1.54, 1.807) is 12.1 Å². The minimum atomic E-state index is 0.234. The SMILES string of the molecule is CC(CCN(C)C)NC1COc2cc(O)ccc21. The van der Waals surface area contributed by atoms with Crippen LogP contribution in [-0.2, 0) is 0 Å². The Morgan fingerprint density at radius 2 is 2.28 bits per heavy atom. The summed E-state index contributed by atoms with van der Waals surface area (Å²) in [6.07, 6.45) is 1.11. The van der Waals surface area contributed by atoms with Crippen molar-refractivity contribution in [3.63, 3.8) is 0 Å². The van der Waals surface area contributed by atoms with E-state index in [9.17, 15) is 5.11 Å². The third-order valence-electron chi connectivity index (χ3n) is 3.27. The molecule has 4 heteroatoms. The molecule has 0 aliphatic carbocycles. The Kier molecular flexibility index (Phi) is 4.09. The molecule has 1 aliphatic rings. The van der Waals surface area contributed by atoms with Gasteiger partial charge in [0.1, 0.15) is 18.1 Å². The summed E-state index contributed by atoms with van der Waals surface area (Å²) in [6.45, 7) is 3.91. The van der Waals surface area contributed by atoms with Gasteiger partial charge in [-0.25, -0.2) is 0 Å². The lowest BCUT2D eigenvalue weighted by Gasteiger charge is -2.20. The number of nitrogens with one attached hydrogen (secondary N) is 1. The quantitative estimate of drug-likeness (QED) is 0.836. The van der Waals surface area contributed by atoms with Crippen LogP contribution in [0.25, 0.3) is 0 Å². The highest BCUT2D eigenvalue weighted by atomic mass is 16.5. The van der Waals surface area contributed by atoms with Crippen molar-refractivity contribution < 1.29 is 9.84 Å². The zero-order valence-electron chi connectivity index (χ0n) is 11.3. The molecule has 0 spiro atoms. The summed E-state index contributed by atoms with van der Waals surface area (Å²) in [4.78, 5) is 2.19. The molecule has 2 rings (SSSR count). The van der Waals surface area contributed by atoms with Crippen LogP contribution in [0.15, 0.2) is 18.2 Å². The standard InChI is InChI=1S/C14H22N2O2/c1-10(6-7-16(2)3)15-13-9-18-14-8-11(17)4-5-12(13)14/h4-5,8,10,13,15,17H,6-7,9H2,1-3H3. The molecular formula is C14H22N2O2. The first kappa shape index (κ1) is 13.2. The normalized spacial score (nSPS) is 19.7. The summed E-state index contributed by atoms with van der Waals surface area (Å²) in [5.74, 6) is 1.06. The Hall–Kier alpha value is -1.26. The van der Waals surface area contributed by atoms with Crippen LogP contribution in [0.2, 0.25) is 0 Å². The average Bonchev–Trinajstić information content (AvgIpc) is 2.69. The predicted molar refractivity (Wildman–Crippen MR) is 72.1 cm³/mol. The van der Waals surface area contributed by atoms with Crippen LogP contribution in [0.5, 0.6) is 11.5 Å². The number of phenolic OH excluding ortho intramolecular Hbond substituents is 1. The first-order valence-corrected chi connectivity index (χ1v) is 6.42. The predicted octanol–water partition coefficient (Wildman–Crippen LogP) is 1.76. The van der Waals surface area contributed by atoms with Crippen molar-refractivity contribution in [2.24, 2.45) is 0 Å². The van der Waals surface area contributed by atoms with Crippen LogP contribution < -0.4 is 10.1 Å². The molecule has 0 amide bonds. The van der Waals surface area contributed by atoms with E-state index in [0.717, 1.165) is 24.3 Å². The Morgan fingerprint density at radius 1 is 1.50 bits per heavy atom. The number of fused-ring (bicyclic) bond motifs is 1. The number of ether oxygens (including phenoxy) is 1. The number of nitrogens with zero attached hydrogens (tertiary/aromatic N) is 1. The van der Waals surface area contributed by atoms with E-state index in [4.69, 9.17) is 4.74 Å². The molecule has 1 aromatic carbocycles. The van der Waals surface area contributed by atoms with E-state index in [-0.39, 0.29) is 11.8 Å². The van der Waals surface area contributed by atoms with Crippen LogP contribution in [0.4, 0.5) is 0 Å². The highest BCUT2D eigenvalue weighted by molar-refractivity contribution is 5.44. The van der Waals surface area contributed by atoms with Crippen molar-refractivity contribution in [3.05, 3.63) is 23.8 Å². The lowest BCUT2D eigenvalue weighted by molar-refractivity contribution is 0.287. The second kappa shape index (κ2) is 5.59. The number of phenols is 1. The van der Waals surface area contributed by atoms with Crippen LogP contribution >= 0.6 is 0 Å². The smallest absolute Gasteiger partial charge is 0.127 e. The van der Waals surface area contributed by atoms with Crippen molar-refractivity contribution in [2.75, 3.05) is 27.2 Å². The summed E-state index contributed by atoms with van der Waals surface area (Å²) >= 11 is 0. The Balaban J connectivity index is 1.93. The van der Waals surface area contributed by atoms with Gasteiger partial charge in [-0.3, -0.25) is 0 Å². The molecule has 4 nitrogen and oxygen atoms in total. The van der Waals surface area contributed by atoms with Gasteiger partial charge in [-0.15, -0.1) is 0 Å². The monoisotopic (exact) mass is 250 g/mol. The topological polar surface area (TPSA) is 44.7 Å². The third kappa shape index (κ3) is 3.15. The molecule has 2 unspecified atom stereocenters. The van der Waals surface area contributed by atoms with Crippen LogP contribution in [0, 0.1) is 0 Å². The summed E-state index contributed by atoms with van der Waals surface area (Å²) in [7, 11) is 4.17. The zero-order valence-corrected chi connectivity index (χ0v) is 11.3. The first-order valence-electron chi connectivity index (χ1n) is 6.42. The number of benzene rings is 1. The lowest BCUT2D eigenvalue weighted by Crippen LogP contribution is -2.33. The Bertz CT molecular complexity index is 407. The van der Waals surface area contributed by atoms with Crippen molar-refractivity contribution in [1.29, 1.82) is 0 Å². The molecule has 0 bridgehead atoms. The third-order valence-corrected chi connectivity index (χ3v) is 3.27. The van der Waals surface area contributed by atoms with Crippen molar-refractivity contribution in [1.82, 2.24) is 10.2 Å². The second-order valence-electron chi connectivity index (χ2n) is 5.25. The Morgan fingerprint density at radius 3 is 3.00 bits per heavy atom. The summed E-state index contributed by atoms with van der Waals surface area (Å²) in [5, 5.41) is 13.0. The van der Waals surface area contributed by atoms with E-state index in [2.05, 4.69) is 31.2 Å². The fourth-order valence-electron chi connectivity index (χ4n) is 2.22. The van der Waals surface area contributed by atoms with E-state index in [0.29, 0.717) is 12.6 Å². The second-order valence-corrected chi connectivity index (χ2v) is 5.25. The number of hydrogen-bond donors (Lipinski definition) is 2. The maximum Gasteiger partial charge on any atom is 0.127 e. The summed E-state index contributed by atoms with van der Waals surface area (Å²) in [5.41, 5.74) is 1.14. The molecule has 2 atom stereocenters. The van der Waals surface area contributed by atoms with E-state index < -0.39 is 0 Å². The molecule has 18 heavy (non-hydrogen) atoms. The fourth-order valence-corrected chi connectivity index (χ4v) is 2.22. The fraction of sp³-hybridized carbons (Fsp3) is 0.571. The molecule has 0 fully saturated rings. The first-order chi connectivity index (χ1) is 8.56. The molecule has 1 heterocycles. The van der Waals surface area contributed by atoms with Gasteiger partial charge in [-0.1, -0.05) is 0 Å². The van der Waals surface area contributed by atoms with E-state index in [1.165, 1.54) is 0 Å². The number of aromatic hydroxyl groups is 1. The zero-order chi connectivity index (χ0) is 13.1. The van der Waals surface area contributed by atoms with Gasteiger partial charge in [-0.2, -0.15) is 0 Å². The highest BCUT2D eigenvalue weighted by Crippen LogP contribution is 2.35. The molecular weight excluding hydrogens is 228 g/mol. The van der Waals surface area contributed by atoms with E-state index >= 15 is 0 Å². The van der Waals surface area contributed by atoms with Crippen LogP contribution in [0.1, 0.15) is 24.9 Å². The van der Waals surface area contributed by atoms with Gasteiger partial charge in [-0.05, 0) is 46.1 Å². The van der Waals surface area contributed by atoms with Gasteiger partial charge in [0.05, 0.1) is 6.04 Å².